The molecular formula is C18H34N4O. The minimum Gasteiger partial charge on any atom is -0.383 e. The van der Waals surface area contributed by atoms with Crippen LogP contribution in [0.25, 0.3) is 0 Å². The Morgan fingerprint density at radius 1 is 1.30 bits per heavy atom. The van der Waals surface area contributed by atoms with Crippen molar-refractivity contribution in [3.8, 4) is 0 Å². The van der Waals surface area contributed by atoms with Gasteiger partial charge in [-0.05, 0) is 44.4 Å². The van der Waals surface area contributed by atoms with Crippen LogP contribution >= 0.6 is 0 Å². The van der Waals surface area contributed by atoms with Crippen molar-refractivity contribution in [2.45, 2.75) is 51.5 Å². The van der Waals surface area contributed by atoms with Gasteiger partial charge in [-0.15, -0.1) is 0 Å². The number of likely N-dealkylation sites (tertiary alicyclic amines) is 1. The highest BCUT2D eigenvalue weighted by Gasteiger charge is 2.43. The molecule has 5 heteroatoms. The van der Waals surface area contributed by atoms with Crippen molar-refractivity contribution < 1.29 is 4.74 Å². The molecule has 5 nitrogen and oxygen atoms in total. The van der Waals surface area contributed by atoms with E-state index in [1.165, 1.54) is 51.6 Å². The molecule has 1 spiro atoms. The fraction of sp³-hybridized carbons (Fsp3) is 0.944. The van der Waals surface area contributed by atoms with Gasteiger partial charge in [-0.25, -0.2) is 0 Å². The van der Waals surface area contributed by atoms with Gasteiger partial charge in [-0.1, -0.05) is 6.42 Å². The monoisotopic (exact) mass is 322 g/mol. The largest absolute Gasteiger partial charge is 0.383 e. The SMILES string of the molecule is CCNC(=NCCN(CCOC)C1CC1)N1CCC2(CCC2)C1. The van der Waals surface area contributed by atoms with Crippen LogP contribution in [0.3, 0.4) is 0 Å². The first-order chi connectivity index (χ1) is 11.3. The summed E-state index contributed by atoms with van der Waals surface area (Å²) in [4.78, 5) is 9.98. The zero-order valence-electron chi connectivity index (χ0n) is 15.0. The summed E-state index contributed by atoms with van der Waals surface area (Å²) >= 11 is 0. The maximum atomic E-state index is 5.24. The maximum Gasteiger partial charge on any atom is 0.193 e. The summed E-state index contributed by atoms with van der Waals surface area (Å²) in [5.74, 6) is 1.14. The van der Waals surface area contributed by atoms with Crippen LogP contribution in [-0.4, -0.2) is 74.8 Å². The Bertz CT molecular complexity index is 404. The number of aliphatic imine (C=N–C) groups is 1. The number of hydrogen-bond acceptors (Lipinski definition) is 3. The molecule has 2 saturated carbocycles. The van der Waals surface area contributed by atoms with Crippen molar-refractivity contribution in [3.63, 3.8) is 0 Å². The highest BCUT2D eigenvalue weighted by atomic mass is 16.5. The fourth-order valence-corrected chi connectivity index (χ4v) is 4.04. The first-order valence-electron chi connectivity index (χ1n) is 9.52. The number of rotatable bonds is 8. The maximum absolute atomic E-state index is 5.24. The standard InChI is InChI=1S/C18H34N4O/c1-3-19-17(22-11-9-18(15-22)7-4-8-18)20-10-12-21(13-14-23-2)16-5-6-16/h16H,3-15H2,1-2H3,(H,19,20). The lowest BCUT2D eigenvalue weighted by Gasteiger charge is -2.38. The molecule has 0 unspecified atom stereocenters. The van der Waals surface area contributed by atoms with Crippen molar-refractivity contribution in [2.24, 2.45) is 10.4 Å². The molecule has 0 aromatic rings. The van der Waals surface area contributed by atoms with Gasteiger partial charge in [0.1, 0.15) is 0 Å². The minimum atomic E-state index is 0.634. The first-order valence-corrected chi connectivity index (χ1v) is 9.52. The molecular weight excluding hydrogens is 288 g/mol. The highest BCUT2D eigenvalue weighted by molar-refractivity contribution is 5.80. The summed E-state index contributed by atoms with van der Waals surface area (Å²) in [5, 5.41) is 3.50. The molecule has 3 rings (SSSR count). The normalized spacial score (nSPS) is 23.6. The molecule has 3 fully saturated rings. The molecule has 132 valence electrons. The van der Waals surface area contributed by atoms with E-state index in [0.717, 1.165) is 44.8 Å². The van der Waals surface area contributed by atoms with E-state index >= 15 is 0 Å². The van der Waals surface area contributed by atoms with Gasteiger partial charge in [-0.3, -0.25) is 9.89 Å². The van der Waals surface area contributed by atoms with E-state index in [1.807, 2.05) is 0 Å². The topological polar surface area (TPSA) is 40.1 Å². The third-order valence-corrected chi connectivity index (χ3v) is 5.78. The Balaban J connectivity index is 1.50. The van der Waals surface area contributed by atoms with E-state index in [4.69, 9.17) is 9.73 Å². The second-order valence-corrected chi connectivity index (χ2v) is 7.52. The van der Waals surface area contributed by atoms with E-state index < -0.39 is 0 Å². The number of ether oxygens (including phenoxy) is 1. The summed E-state index contributed by atoms with van der Waals surface area (Å²) in [6.07, 6.45) is 8.34. The van der Waals surface area contributed by atoms with Gasteiger partial charge >= 0.3 is 0 Å². The molecule has 0 aromatic heterocycles. The molecule has 1 heterocycles. The van der Waals surface area contributed by atoms with Gasteiger partial charge in [0.25, 0.3) is 0 Å². The number of nitrogens with zero attached hydrogens (tertiary/aromatic N) is 3. The van der Waals surface area contributed by atoms with Crippen LogP contribution in [-0.2, 0) is 4.74 Å². The lowest BCUT2D eigenvalue weighted by molar-refractivity contribution is 0.145. The van der Waals surface area contributed by atoms with Crippen LogP contribution in [0.4, 0.5) is 0 Å². The Morgan fingerprint density at radius 3 is 2.70 bits per heavy atom. The van der Waals surface area contributed by atoms with Crippen molar-refractivity contribution in [1.29, 1.82) is 0 Å². The quantitative estimate of drug-likeness (QED) is 0.548. The predicted octanol–water partition coefficient (Wildman–Crippen LogP) is 1.94. The van der Waals surface area contributed by atoms with Gasteiger partial charge in [0.2, 0.25) is 0 Å². The summed E-state index contributed by atoms with van der Waals surface area (Å²) in [6, 6.07) is 0.785. The van der Waals surface area contributed by atoms with Crippen molar-refractivity contribution in [1.82, 2.24) is 15.1 Å². The molecule has 0 aromatic carbocycles. The molecule has 0 radical (unpaired) electrons. The number of methoxy groups -OCH3 is 1. The van der Waals surface area contributed by atoms with Gasteiger partial charge in [0.05, 0.1) is 13.2 Å². The first kappa shape index (κ1) is 17.0. The average molecular weight is 322 g/mol. The second kappa shape index (κ2) is 7.84. The zero-order valence-corrected chi connectivity index (χ0v) is 15.0. The Labute approximate surface area is 141 Å². The Hall–Kier alpha value is -0.810. The molecule has 0 amide bonds. The summed E-state index contributed by atoms with van der Waals surface area (Å²) in [5.41, 5.74) is 0.634. The van der Waals surface area contributed by atoms with Crippen LogP contribution in [0.1, 0.15) is 45.4 Å². The highest BCUT2D eigenvalue weighted by Crippen LogP contribution is 2.47. The van der Waals surface area contributed by atoms with E-state index in [9.17, 15) is 0 Å². The molecule has 1 N–H and O–H groups in total. The molecule has 0 bridgehead atoms. The van der Waals surface area contributed by atoms with E-state index in [2.05, 4.69) is 22.0 Å². The Morgan fingerprint density at radius 2 is 2.13 bits per heavy atom. The predicted molar refractivity (Wildman–Crippen MR) is 94.9 cm³/mol. The van der Waals surface area contributed by atoms with E-state index in [0.29, 0.717) is 5.41 Å². The summed E-state index contributed by atoms with van der Waals surface area (Å²) in [6.45, 7) is 9.35. The van der Waals surface area contributed by atoms with E-state index in [1.54, 1.807) is 7.11 Å². The van der Waals surface area contributed by atoms with Crippen LogP contribution in [0.15, 0.2) is 4.99 Å². The lowest BCUT2D eigenvalue weighted by atomic mass is 9.68. The molecule has 23 heavy (non-hydrogen) atoms. The third kappa shape index (κ3) is 4.38. The van der Waals surface area contributed by atoms with Gasteiger partial charge in [0.15, 0.2) is 5.96 Å². The zero-order chi connectivity index (χ0) is 16.1. The number of hydrogen-bond donors (Lipinski definition) is 1. The number of guanidine groups is 1. The Kier molecular flexibility index (Phi) is 5.81. The summed E-state index contributed by atoms with van der Waals surface area (Å²) in [7, 11) is 1.79. The summed E-state index contributed by atoms with van der Waals surface area (Å²) < 4.78 is 5.24. The van der Waals surface area contributed by atoms with Crippen molar-refractivity contribution in [2.75, 3.05) is 53.0 Å². The second-order valence-electron chi connectivity index (χ2n) is 7.52. The molecule has 1 aliphatic heterocycles. The third-order valence-electron chi connectivity index (χ3n) is 5.78. The van der Waals surface area contributed by atoms with Gasteiger partial charge in [0, 0.05) is 45.9 Å². The smallest absolute Gasteiger partial charge is 0.193 e. The lowest BCUT2D eigenvalue weighted by Crippen LogP contribution is -2.43. The van der Waals surface area contributed by atoms with Gasteiger partial charge < -0.3 is 15.0 Å². The average Bonchev–Trinajstić information content (AvgIpc) is 3.25. The van der Waals surface area contributed by atoms with E-state index in [-0.39, 0.29) is 0 Å². The van der Waals surface area contributed by atoms with Crippen LogP contribution in [0, 0.1) is 5.41 Å². The van der Waals surface area contributed by atoms with Crippen LogP contribution in [0.2, 0.25) is 0 Å². The van der Waals surface area contributed by atoms with Crippen molar-refractivity contribution in [3.05, 3.63) is 0 Å². The molecule has 0 atom stereocenters. The van der Waals surface area contributed by atoms with Crippen LogP contribution < -0.4 is 5.32 Å². The van der Waals surface area contributed by atoms with Gasteiger partial charge in [-0.2, -0.15) is 0 Å². The minimum absolute atomic E-state index is 0.634. The molecule has 3 aliphatic rings. The fourth-order valence-electron chi connectivity index (χ4n) is 4.04. The molecule has 1 saturated heterocycles. The number of nitrogens with one attached hydrogen (secondary N) is 1. The molecule has 2 aliphatic carbocycles. The van der Waals surface area contributed by atoms with Crippen LogP contribution in [0.5, 0.6) is 0 Å². The van der Waals surface area contributed by atoms with Crippen molar-refractivity contribution >= 4 is 5.96 Å².